The van der Waals surface area contributed by atoms with E-state index >= 15 is 0 Å². The molecular formula is C10H18N2O2S. The van der Waals surface area contributed by atoms with Crippen molar-refractivity contribution in [1.82, 2.24) is 4.90 Å². The van der Waals surface area contributed by atoms with Gasteiger partial charge < -0.3 is 9.64 Å². The summed E-state index contributed by atoms with van der Waals surface area (Å²) in [5.74, 6) is -0.272. The van der Waals surface area contributed by atoms with Gasteiger partial charge in [0.05, 0.1) is 12.9 Å². The smallest absolute Gasteiger partial charge is 0.321 e. The first-order valence-corrected chi connectivity index (χ1v) is 5.55. The number of esters is 1. The summed E-state index contributed by atoms with van der Waals surface area (Å²) in [4.78, 5) is 17.6. The van der Waals surface area contributed by atoms with E-state index in [9.17, 15) is 4.79 Å². The molecule has 0 saturated carbocycles. The van der Waals surface area contributed by atoms with E-state index in [0.29, 0.717) is 6.54 Å². The Balaban J connectivity index is 2.36. The van der Waals surface area contributed by atoms with Crippen LogP contribution in [0.15, 0.2) is 4.99 Å². The fourth-order valence-corrected chi connectivity index (χ4v) is 1.48. The van der Waals surface area contributed by atoms with Crippen molar-refractivity contribution in [2.45, 2.75) is 31.6 Å². The maximum Gasteiger partial charge on any atom is 0.321 e. The van der Waals surface area contributed by atoms with Crippen molar-refractivity contribution in [3.63, 3.8) is 0 Å². The number of carbonyl (C=O) groups is 1. The molecule has 1 rings (SSSR count). The van der Waals surface area contributed by atoms with Gasteiger partial charge in [0.1, 0.15) is 10.9 Å². The van der Waals surface area contributed by atoms with Crippen molar-refractivity contribution in [3.05, 3.63) is 0 Å². The predicted molar refractivity (Wildman–Crippen MR) is 63.6 cm³/mol. The molecule has 5 heteroatoms. The zero-order valence-corrected chi connectivity index (χ0v) is 10.3. The Hall–Kier alpha value is -0.710. The number of carbonyl (C=O) groups excluding carboxylic acids is 1. The van der Waals surface area contributed by atoms with Crippen LogP contribution >= 0.6 is 12.6 Å². The Morgan fingerprint density at radius 3 is 2.80 bits per heavy atom. The van der Waals surface area contributed by atoms with Crippen LogP contribution in [0.25, 0.3) is 0 Å². The Morgan fingerprint density at radius 1 is 1.67 bits per heavy atom. The summed E-state index contributed by atoms with van der Waals surface area (Å²) < 4.78 is 5.22. The Labute approximate surface area is 96.1 Å². The number of aliphatic imine (C=N–C) groups is 1. The van der Waals surface area contributed by atoms with Gasteiger partial charge in [0.2, 0.25) is 0 Å². The Kier molecular flexibility index (Phi) is 4.02. The zero-order chi connectivity index (χ0) is 11.5. The number of hydrogen-bond acceptors (Lipinski definition) is 5. The summed E-state index contributed by atoms with van der Waals surface area (Å²) in [5, 5.41) is -0.409. The fraction of sp³-hybridized carbons (Fsp3) is 0.800. The van der Waals surface area contributed by atoms with Gasteiger partial charge in [-0.3, -0.25) is 9.79 Å². The molecule has 0 saturated heterocycles. The molecular weight excluding hydrogens is 212 g/mol. The predicted octanol–water partition coefficient (Wildman–Crippen LogP) is 0.970. The summed E-state index contributed by atoms with van der Waals surface area (Å²) in [6.07, 6.45) is 1.76. The summed E-state index contributed by atoms with van der Waals surface area (Å²) in [6.45, 7) is 7.77. The molecule has 0 aromatic heterocycles. The quantitative estimate of drug-likeness (QED) is 0.580. The van der Waals surface area contributed by atoms with Gasteiger partial charge >= 0.3 is 5.97 Å². The fourth-order valence-electron chi connectivity index (χ4n) is 1.22. The molecule has 0 amide bonds. The van der Waals surface area contributed by atoms with E-state index in [-0.39, 0.29) is 5.97 Å². The molecule has 0 aromatic carbocycles. The van der Waals surface area contributed by atoms with Crippen LogP contribution in [0.2, 0.25) is 0 Å². The summed E-state index contributed by atoms with van der Waals surface area (Å²) in [7, 11) is 0. The first-order valence-electron chi connectivity index (χ1n) is 5.03. The molecule has 0 spiro atoms. The van der Waals surface area contributed by atoms with Crippen molar-refractivity contribution in [2.24, 2.45) is 4.99 Å². The van der Waals surface area contributed by atoms with Gasteiger partial charge in [-0.15, -0.1) is 0 Å². The average Bonchev–Trinajstić information content (AvgIpc) is 2.53. The summed E-state index contributed by atoms with van der Waals surface area (Å²) >= 11 is 4.23. The number of ether oxygens (including phenoxy) is 1. The van der Waals surface area contributed by atoms with E-state index in [0.717, 1.165) is 13.1 Å². The van der Waals surface area contributed by atoms with Crippen molar-refractivity contribution in [2.75, 3.05) is 19.6 Å². The Morgan fingerprint density at radius 2 is 2.33 bits per heavy atom. The highest BCUT2D eigenvalue weighted by atomic mass is 32.1. The minimum Gasteiger partial charge on any atom is -0.459 e. The van der Waals surface area contributed by atoms with Gasteiger partial charge in [-0.2, -0.15) is 12.6 Å². The van der Waals surface area contributed by atoms with Crippen LogP contribution < -0.4 is 0 Å². The summed E-state index contributed by atoms with van der Waals surface area (Å²) in [5.41, 5.74) is -0.447. The first kappa shape index (κ1) is 12.4. The van der Waals surface area contributed by atoms with E-state index < -0.39 is 10.9 Å². The first-order chi connectivity index (χ1) is 6.88. The van der Waals surface area contributed by atoms with Crippen LogP contribution in [0.1, 0.15) is 20.8 Å². The van der Waals surface area contributed by atoms with Crippen molar-refractivity contribution < 1.29 is 9.53 Å². The number of hydrogen-bond donors (Lipinski definition) is 1. The molecule has 0 radical (unpaired) electrons. The highest BCUT2D eigenvalue weighted by Gasteiger charge is 2.24. The zero-order valence-electron chi connectivity index (χ0n) is 9.43. The van der Waals surface area contributed by atoms with Crippen LogP contribution in [0, 0.1) is 0 Å². The van der Waals surface area contributed by atoms with Gasteiger partial charge in [-0.25, -0.2) is 0 Å². The normalized spacial score (nSPS) is 18.0. The maximum absolute atomic E-state index is 11.6. The lowest BCUT2D eigenvalue weighted by molar-refractivity contribution is -0.154. The standard InChI is InChI=1S/C10H18N2O2S/c1-10(2,3)14-9(13)8(15)6-12-5-4-11-7-12/h7-8,15H,4-6H2,1-3H3. The monoisotopic (exact) mass is 230 g/mol. The molecule has 1 aliphatic rings. The number of nitrogens with zero attached hydrogens (tertiary/aromatic N) is 2. The van der Waals surface area contributed by atoms with E-state index in [1.54, 1.807) is 6.34 Å². The van der Waals surface area contributed by atoms with E-state index in [4.69, 9.17) is 4.74 Å². The second-order valence-corrected chi connectivity index (χ2v) is 5.19. The third-order valence-corrected chi connectivity index (χ3v) is 2.22. The molecule has 0 aromatic rings. The van der Waals surface area contributed by atoms with Gasteiger partial charge in [0.25, 0.3) is 0 Å². The van der Waals surface area contributed by atoms with Crippen LogP contribution in [0.5, 0.6) is 0 Å². The van der Waals surface area contributed by atoms with Crippen LogP contribution in [-0.4, -0.2) is 47.7 Å². The minimum absolute atomic E-state index is 0.272. The van der Waals surface area contributed by atoms with E-state index in [1.807, 2.05) is 25.7 Å². The molecule has 0 fully saturated rings. The second-order valence-electron chi connectivity index (χ2n) is 4.57. The minimum atomic E-state index is -0.447. The molecule has 0 bridgehead atoms. The molecule has 15 heavy (non-hydrogen) atoms. The SMILES string of the molecule is CC(C)(C)OC(=O)C(S)CN1C=NCC1. The molecule has 0 aliphatic carbocycles. The maximum atomic E-state index is 11.6. The highest BCUT2D eigenvalue weighted by Crippen LogP contribution is 2.11. The van der Waals surface area contributed by atoms with Gasteiger partial charge in [-0.1, -0.05) is 0 Å². The molecule has 1 heterocycles. The lowest BCUT2D eigenvalue weighted by atomic mass is 10.2. The molecule has 1 aliphatic heterocycles. The largest absolute Gasteiger partial charge is 0.459 e. The topological polar surface area (TPSA) is 41.9 Å². The third-order valence-electron chi connectivity index (χ3n) is 1.85. The average molecular weight is 230 g/mol. The van der Waals surface area contributed by atoms with Gasteiger partial charge in [0.15, 0.2) is 0 Å². The molecule has 1 atom stereocenters. The highest BCUT2D eigenvalue weighted by molar-refractivity contribution is 7.81. The van der Waals surface area contributed by atoms with Crippen molar-refractivity contribution in [3.8, 4) is 0 Å². The second kappa shape index (κ2) is 4.88. The van der Waals surface area contributed by atoms with Crippen molar-refractivity contribution in [1.29, 1.82) is 0 Å². The molecule has 86 valence electrons. The lowest BCUT2D eigenvalue weighted by Gasteiger charge is -2.23. The van der Waals surface area contributed by atoms with Gasteiger partial charge in [-0.05, 0) is 20.8 Å². The van der Waals surface area contributed by atoms with E-state index in [1.165, 1.54) is 0 Å². The van der Waals surface area contributed by atoms with Crippen molar-refractivity contribution >= 4 is 24.9 Å². The lowest BCUT2D eigenvalue weighted by Crippen LogP contribution is -2.36. The van der Waals surface area contributed by atoms with Crippen LogP contribution in [-0.2, 0) is 9.53 Å². The number of rotatable bonds is 3. The molecule has 4 nitrogen and oxygen atoms in total. The molecule has 1 unspecified atom stereocenters. The summed E-state index contributed by atoms with van der Waals surface area (Å²) in [6, 6.07) is 0. The van der Waals surface area contributed by atoms with E-state index in [2.05, 4.69) is 17.6 Å². The van der Waals surface area contributed by atoms with Gasteiger partial charge in [0, 0.05) is 13.1 Å². The molecule has 0 N–H and O–H groups in total. The van der Waals surface area contributed by atoms with Crippen LogP contribution in [0.3, 0.4) is 0 Å². The van der Waals surface area contributed by atoms with Crippen LogP contribution in [0.4, 0.5) is 0 Å². The third kappa shape index (κ3) is 4.55. The number of thiol groups is 1. The Bertz CT molecular complexity index is 261.